The van der Waals surface area contributed by atoms with Crippen LogP contribution in [0, 0.1) is 0 Å². The summed E-state index contributed by atoms with van der Waals surface area (Å²) in [5, 5.41) is 3.29. The van der Waals surface area contributed by atoms with E-state index in [-0.39, 0.29) is 0 Å². The molecule has 0 aliphatic carbocycles. The van der Waals surface area contributed by atoms with E-state index < -0.39 is 0 Å². The van der Waals surface area contributed by atoms with E-state index in [1.165, 1.54) is 18.5 Å². The van der Waals surface area contributed by atoms with Gasteiger partial charge >= 0.3 is 0 Å². The fourth-order valence-electron chi connectivity index (χ4n) is 0.564. The van der Waals surface area contributed by atoms with Crippen LogP contribution in [0.5, 0.6) is 0 Å². The molecule has 0 aliphatic rings. The molecule has 0 bridgehead atoms. The summed E-state index contributed by atoms with van der Waals surface area (Å²) >= 11 is 0. The molecule has 0 heterocycles. The van der Waals surface area contributed by atoms with Crippen molar-refractivity contribution in [3.8, 4) is 0 Å². The number of hydrogen-bond donors (Lipinski definition) is 1. The Morgan fingerprint density at radius 3 is 2.67 bits per heavy atom. The van der Waals surface area contributed by atoms with E-state index in [9.17, 15) is 0 Å². The molecule has 0 aromatic heterocycles. The first-order chi connectivity index (χ1) is 4.31. The Morgan fingerprint density at radius 1 is 1.56 bits per heavy atom. The van der Waals surface area contributed by atoms with E-state index in [1.54, 1.807) is 0 Å². The lowest BCUT2D eigenvalue weighted by molar-refractivity contribution is 0.709. The Hall–Kier alpha value is -0.460. The molecule has 1 N–H and O–H groups in total. The van der Waals surface area contributed by atoms with Gasteiger partial charge in [0, 0.05) is 12.2 Å². The molecule has 0 saturated heterocycles. The van der Waals surface area contributed by atoms with E-state index >= 15 is 0 Å². The fraction of sp³-hybridized carbons (Fsp3) is 0.750. The van der Waals surface area contributed by atoms with Crippen LogP contribution in [0.25, 0.3) is 0 Å². The van der Waals surface area contributed by atoms with E-state index in [0.29, 0.717) is 0 Å². The predicted molar refractivity (Wildman–Crippen MR) is 42.3 cm³/mol. The molecule has 1 heteroatoms. The minimum absolute atomic E-state index is 1.12. The lowest BCUT2D eigenvalue weighted by atomic mass is 10.3. The summed E-state index contributed by atoms with van der Waals surface area (Å²) in [4.78, 5) is 0. The first kappa shape index (κ1) is 8.54. The molecule has 0 rings (SSSR count). The minimum atomic E-state index is 1.12. The normalized spacial score (nSPS) is 11.7. The van der Waals surface area contributed by atoms with Crippen molar-refractivity contribution in [3.05, 3.63) is 11.8 Å². The molecular formula is C8H17N. The highest BCUT2D eigenvalue weighted by Crippen LogP contribution is 1.87. The number of rotatable bonds is 4. The molecule has 0 fully saturated rings. The fourth-order valence-corrected chi connectivity index (χ4v) is 0.564. The van der Waals surface area contributed by atoms with Crippen molar-refractivity contribution >= 4 is 0 Å². The van der Waals surface area contributed by atoms with Crippen molar-refractivity contribution in [1.82, 2.24) is 5.32 Å². The van der Waals surface area contributed by atoms with Gasteiger partial charge in [-0.2, -0.15) is 0 Å². The van der Waals surface area contributed by atoms with Crippen LogP contribution in [0.4, 0.5) is 0 Å². The van der Waals surface area contributed by atoms with E-state index in [4.69, 9.17) is 0 Å². The maximum absolute atomic E-state index is 3.29. The van der Waals surface area contributed by atoms with E-state index in [2.05, 4.69) is 25.2 Å². The maximum atomic E-state index is 3.29. The van der Waals surface area contributed by atoms with E-state index in [1.807, 2.05) is 6.92 Å². The molecule has 0 atom stereocenters. The van der Waals surface area contributed by atoms with Gasteiger partial charge in [0.1, 0.15) is 0 Å². The van der Waals surface area contributed by atoms with Crippen LogP contribution < -0.4 is 5.32 Å². The summed E-state index contributed by atoms with van der Waals surface area (Å²) in [6.45, 7) is 7.46. The van der Waals surface area contributed by atoms with Gasteiger partial charge < -0.3 is 5.32 Å². The zero-order valence-electron chi connectivity index (χ0n) is 6.70. The van der Waals surface area contributed by atoms with Crippen molar-refractivity contribution in [1.29, 1.82) is 0 Å². The van der Waals surface area contributed by atoms with Gasteiger partial charge in [0.25, 0.3) is 0 Å². The maximum Gasteiger partial charge on any atom is 0.0143 e. The topological polar surface area (TPSA) is 12.0 Å². The van der Waals surface area contributed by atoms with Gasteiger partial charge in [-0.05, 0) is 20.3 Å². The summed E-state index contributed by atoms with van der Waals surface area (Å²) in [7, 11) is 0. The highest BCUT2D eigenvalue weighted by molar-refractivity contribution is 4.91. The number of nitrogens with one attached hydrogen (secondary N) is 1. The Bertz CT molecular complexity index is 84.6. The molecule has 0 aromatic rings. The summed E-state index contributed by atoms with van der Waals surface area (Å²) in [6.07, 6.45) is 4.63. The summed E-state index contributed by atoms with van der Waals surface area (Å²) in [5.74, 6) is 0. The van der Waals surface area contributed by atoms with Crippen molar-refractivity contribution < 1.29 is 0 Å². The molecular weight excluding hydrogens is 110 g/mol. The summed E-state index contributed by atoms with van der Waals surface area (Å²) in [6, 6.07) is 0. The third-order valence-electron chi connectivity index (χ3n) is 1.37. The number of unbranched alkanes of at least 4 members (excludes halogenated alkanes) is 1. The average Bonchev–Trinajstić information content (AvgIpc) is 1.89. The third-order valence-corrected chi connectivity index (χ3v) is 1.37. The molecule has 1 nitrogen and oxygen atoms in total. The second-order valence-corrected chi connectivity index (χ2v) is 2.25. The quantitative estimate of drug-likeness (QED) is 0.571. The molecule has 0 radical (unpaired) electrons. The highest BCUT2D eigenvalue weighted by Gasteiger charge is 1.82. The van der Waals surface area contributed by atoms with Crippen LogP contribution in [0.1, 0.15) is 33.6 Å². The van der Waals surface area contributed by atoms with Crippen molar-refractivity contribution in [2.45, 2.75) is 33.6 Å². The van der Waals surface area contributed by atoms with Gasteiger partial charge in [-0.15, -0.1) is 0 Å². The van der Waals surface area contributed by atoms with E-state index in [0.717, 1.165) is 6.54 Å². The Labute approximate surface area is 58.2 Å². The lowest BCUT2D eigenvalue weighted by Crippen LogP contribution is -2.11. The molecule has 54 valence electrons. The van der Waals surface area contributed by atoms with Gasteiger partial charge in [0.05, 0.1) is 0 Å². The van der Waals surface area contributed by atoms with Crippen LogP contribution in [-0.2, 0) is 0 Å². The number of allylic oxidation sites excluding steroid dienone is 2. The molecule has 0 aromatic carbocycles. The van der Waals surface area contributed by atoms with Gasteiger partial charge in [-0.3, -0.25) is 0 Å². The second-order valence-electron chi connectivity index (χ2n) is 2.25. The van der Waals surface area contributed by atoms with Crippen LogP contribution >= 0.6 is 0 Å². The first-order valence-corrected chi connectivity index (χ1v) is 3.68. The smallest absolute Gasteiger partial charge is 0.0143 e. The Morgan fingerprint density at radius 2 is 2.22 bits per heavy atom. The molecule has 9 heavy (non-hydrogen) atoms. The predicted octanol–water partition coefficient (Wildman–Crippen LogP) is 2.30. The Kier molecular flexibility index (Phi) is 5.38. The SMILES string of the molecule is CC=C(C)NCCCC. The van der Waals surface area contributed by atoms with Crippen molar-refractivity contribution in [3.63, 3.8) is 0 Å². The third kappa shape index (κ3) is 5.41. The molecule has 0 saturated carbocycles. The second kappa shape index (κ2) is 5.67. The lowest BCUT2D eigenvalue weighted by Gasteiger charge is -2.02. The number of hydrogen-bond acceptors (Lipinski definition) is 1. The molecule has 0 amide bonds. The Balaban J connectivity index is 3.07. The van der Waals surface area contributed by atoms with Crippen LogP contribution in [0.15, 0.2) is 11.8 Å². The highest BCUT2D eigenvalue weighted by atomic mass is 14.9. The molecule has 0 unspecified atom stereocenters. The van der Waals surface area contributed by atoms with Crippen LogP contribution in [-0.4, -0.2) is 6.54 Å². The monoisotopic (exact) mass is 127 g/mol. The minimum Gasteiger partial charge on any atom is -0.389 e. The standard InChI is InChI=1S/C8H17N/c1-4-6-7-9-8(3)5-2/h5,9H,4,6-7H2,1-3H3. The largest absolute Gasteiger partial charge is 0.389 e. The van der Waals surface area contributed by atoms with Crippen molar-refractivity contribution in [2.75, 3.05) is 6.54 Å². The first-order valence-electron chi connectivity index (χ1n) is 3.68. The van der Waals surface area contributed by atoms with Gasteiger partial charge in [0.15, 0.2) is 0 Å². The van der Waals surface area contributed by atoms with Gasteiger partial charge in [0.2, 0.25) is 0 Å². The zero-order valence-corrected chi connectivity index (χ0v) is 6.70. The van der Waals surface area contributed by atoms with Crippen LogP contribution in [0.3, 0.4) is 0 Å². The van der Waals surface area contributed by atoms with Crippen molar-refractivity contribution in [2.24, 2.45) is 0 Å². The summed E-state index contributed by atoms with van der Waals surface area (Å²) < 4.78 is 0. The summed E-state index contributed by atoms with van der Waals surface area (Å²) in [5.41, 5.74) is 1.28. The van der Waals surface area contributed by atoms with Gasteiger partial charge in [-0.25, -0.2) is 0 Å². The van der Waals surface area contributed by atoms with Crippen LogP contribution in [0.2, 0.25) is 0 Å². The van der Waals surface area contributed by atoms with Gasteiger partial charge in [-0.1, -0.05) is 19.4 Å². The zero-order chi connectivity index (χ0) is 7.11. The molecule has 0 aliphatic heterocycles. The average molecular weight is 127 g/mol. The molecule has 0 spiro atoms.